The number of nitrogens with one attached hydrogen (secondary N) is 2. The maximum absolute atomic E-state index is 13.9. The van der Waals surface area contributed by atoms with Crippen molar-refractivity contribution in [1.82, 2.24) is 9.88 Å². The molecule has 4 rings (SSSR count). The van der Waals surface area contributed by atoms with Gasteiger partial charge in [-0.05, 0) is 30.2 Å². The lowest BCUT2D eigenvalue weighted by atomic mass is 9.97. The number of urea groups is 1. The van der Waals surface area contributed by atoms with Gasteiger partial charge in [0.05, 0.1) is 5.69 Å². The highest BCUT2D eigenvalue weighted by molar-refractivity contribution is 5.91. The van der Waals surface area contributed by atoms with Crippen LogP contribution < -0.4 is 5.32 Å². The van der Waals surface area contributed by atoms with Gasteiger partial charge in [-0.15, -0.1) is 0 Å². The van der Waals surface area contributed by atoms with E-state index in [1.165, 1.54) is 0 Å². The number of carbonyl (C=O) groups is 1. The molecule has 0 saturated heterocycles. The van der Waals surface area contributed by atoms with E-state index in [4.69, 9.17) is 0 Å². The molecule has 2 heterocycles. The third-order valence-electron chi connectivity index (χ3n) is 4.63. The van der Waals surface area contributed by atoms with Gasteiger partial charge in [0.25, 0.3) is 0 Å². The molecule has 134 valence electrons. The molecule has 1 aliphatic rings. The number of halogens is 3. The Morgan fingerprint density at radius 2 is 1.77 bits per heavy atom. The van der Waals surface area contributed by atoms with E-state index in [0.29, 0.717) is 23.2 Å². The number of rotatable bonds is 1. The van der Waals surface area contributed by atoms with Gasteiger partial charge in [-0.25, -0.2) is 4.79 Å². The van der Waals surface area contributed by atoms with Gasteiger partial charge in [-0.2, -0.15) is 13.2 Å². The smallest absolute Gasteiger partial charge is 0.356 e. The fourth-order valence-corrected chi connectivity index (χ4v) is 3.52. The number of H-pyrrole nitrogens is 1. The molecule has 7 heteroatoms. The highest BCUT2D eigenvalue weighted by atomic mass is 19.4. The fraction of sp³-hybridized carbons (Fsp3) is 0.211. The molecule has 2 aromatic carbocycles. The molecule has 1 aromatic heterocycles. The second kappa shape index (κ2) is 6.09. The quantitative estimate of drug-likeness (QED) is 0.640. The largest absolute Gasteiger partial charge is 0.414 e. The van der Waals surface area contributed by atoms with Gasteiger partial charge in [0.15, 0.2) is 6.04 Å². The summed E-state index contributed by atoms with van der Waals surface area (Å²) in [4.78, 5) is 16.3. The molecular weight excluding hydrogens is 343 g/mol. The normalized spacial score (nSPS) is 17.2. The summed E-state index contributed by atoms with van der Waals surface area (Å²) < 4.78 is 41.6. The Morgan fingerprint density at radius 1 is 1.08 bits per heavy atom. The number of nitrogens with zero attached hydrogens (tertiary/aromatic N) is 1. The molecule has 1 aliphatic heterocycles. The predicted molar refractivity (Wildman–Crippen MR) is 93.0 cm³/mol. The highest BCUT2D eigenvalue weighted by Crippen LogP contribution is 2.43. The van der Waals surface area contributed by atoms with Crippen molar-refractivity contribution in [3.63, 3.8) is 0 Å². The molecule has 1 atom stereocenters. The number of aromatic nitrogens is 1. The molecule has 0 spiro atoms. The number of fused-ring (bicyclic) bond motifs is 3. The van der Waals surface area contributed by atoms with Crippen LogP contribution in [0.2, 0.25) is 0 Å². The van der Waals surface area contributed by atoms with E-state index in [1.54, 1.807) is 54.6 Å². The van der Waals surface area contributed by atoms with Crippen LogP contribution in [0, 0.1) is 0 Å². The average molecular weight is 359 g/mol. The summed E-state index contributed by atoms with van der Waals surface area (Å²) in [7, 11) is 0. The van der Waals surface area contributed by atoms with E-state index in [1.807, 2.05) is 0 Å². The molecule has 4 nitrogen and oxygen atoms in total. The van der Waals surface area contributed by atoms with Gasteiger partial charge in [0, 0.05) is 23.1 Å². The van der Waals surface area contributed by atoms with Crippen LogP contribution in [0.4, 0.5) is 23.7 Å². The third-order valence-corrected chi connectivity index (χ3v) is 4.63. The van der Waals surface area contributed by atoms with Crippen molar-refractivity contribution in [1.29, 1.82) is 0 Å². The van der Waals surface area contributed by atoms with Crippen molar-refractivity contribution < 1.29 is 18.0 Å². The molecule has 2 amide bonds. The van der Waals surface area contributed by atoms with Crippen molar-refractivity contribution >= 4 is 22.6 Å². The molecule has 3 aromatic rings. The number of para-hydroxylation sites is 2. The molecule has 0 bridgehead atoms. The first-order valence-corrected chi connectivity index (χ1v) is 8.24. The van der Waals surface area contributed by atoms with E-state index >= 15 is 0 Å². The number of anilines is 1. The van der Waals surface area contributed by atoms with Crippen molar-refractivity contribution in [2.24, 2.45) is 0 Å². The number of aromatic amines is 1. The minimum atomic E-state index is -4.58. The van der Waals surface area contributed by atoms with Gasteiger partial charge in [-0.1, -0.05) is 36.4 Å². The van der Waals surface area contributed by atoms with Crippen LogP contribution in [0.3, 0.4) is 0 Å². The first kappa shape index (κ1) is 16.5. The predicted octanol–water partition coefficient (Wildman–Crippen LogP) is 4.86. The molecule has 26 heavy (non-hydrogen) atoms. The zero-order chi connectivity index (χ0) is 18.3. The number of amides is 2. The van der Waals surface area contributed by atoms with Crippen molar-refractivity contribution in [2.75, 3.05) is 11.9 Å². The van der Waals surface area contributed by atoms with E-state index in [9.17, 15) is 18.0 Å². The van der Waals surface area contributed by atoms with Gasteiger partial charge >= 0.3 is 12.2 Å². The van der Waals surface area contributed by atoms with Gasteiger partial charge in [0.1, 0.15) is 0 Å². The van der Waals surface area contributed by atoms with E-state index in [0.717, 1.165) is 10.3 Å². The van der Waals surface area contributed by atoms with Crippen molar-refractivity contribution in [2.45, 2.75) is 18.6 Å². The van der Waals surface area contributed by atoms with Gasteiger partial charge in [0.2, 0.25) is 0 Å². The van der Waals surface area contributed by atoms with Crippen LogP contribution in [0.1, 0.15) is 17.3 Å². The maximum atomic E-state index is 13.9. The first-order chi connectivity index (χ1) is 12.4. The monoisotopic (exact) mass is 359 g/mol. The Kier molecular flexibility index (Phi) is 3.86. The summed E-state index contributed by atoms with van der Waals surface area (Å²) in [6.45, 7) is -0.00229. The second-order valence-corrected chi connectivity index (χ2v) is 6.25. The Bertz CT molecular complexity index is 950. The molecule has 0 radical (unpaired) electrons. The molecule has 0 fully saturated rings. The van der Waals surface area contributed by atoms with E-state index < -0.39 is 18.2 Å². The molecule has 2 N–H and O–H groups in total. The summed E-state index contributed by atoms with van der Waals surface area (Å²) >= 11 is 0. The van der Waals surface area contributed by atoms with E-state index in [-0.39, 0.29) is 12.2 Å². The van der Waals surface area contributed by atoms with Crippen molar-refractivity contribution in [3.05, 3.63) is 65.9 Å². The lowest BCUT2D eigenvalue weighted by Crippen LogP contribution is -2.48. The summed E-state index contributed by atoms with van der Waals surface area (Å²) in [5.41, 5.74) is 1.79. The first-order valence-electron chi connectivity index (χ1n) is 8.24. The number of hydrogen-bond acceptors (Lipinski definition) is 1. The fourth-order valence-electron chi connectivity index (χ4n) is 3.52. The second-order valence-electron chi connectivity index (χ2n) is 6.25. The topological polar surface area (TPSA) is 48.1 Å². The SMILES string of the molecule is O=C(Nc1ccccc1)N1CCc2c([nH]c3ccccc23)[C@@H]1C(F)(F)F. The number of carbonyl (C=O) groups excluding carboxylic acids is 1. The summed E-state index contributed by atoms with van der Waals surface area (Å²) in [6.07, 6.45) is -4.21. The summed E-state index contributed by atoms with van der Waals surface area (Å²) in [6, 6.07) is 12.8. The highest BCUT2D eigenvalue weighted by Gasteiger charge is 2.50. The van der Waals surface area contributed by atoms with Crippen LogP contribution >= 0.6 is 0 Å². The Labute approximate surface area is 147 Å². The molecule has 0 aliphatic carbocycles. The van der Waals surface area contributed by atoms with Gasteiger partial charge in [-0.3, -0.25) is 0 Å². The lowest BCUT2D eigenvalue weighted by Gasteiger charge is -2.36. The molecule has 0 unspecified atom stereocenters. The number of benzene rings is 2. The zero-order valence-corrected chi connectivity index (χ0v) is 13.7. The maximum Gasteiger partial charge on any atom is 0.414 e. The molecule has 0 saturated carbocycles. The van der Waals surface area contributed by atoms with Crippen LogP contribution in [-0.4, -0.2) is 28.6 Å². The minimum Gasteiger partial charge on any atom is -0.356 e. The van der Waals surface area contributed by atoms with E-state index in [2.05, 4.69) is 10.3 Å². The Balaban J connectivity index is 1.73. The standard InChI is InChI=1S/C19H16F3N3O/c20-19(21,22)17-16-14(13-8-4-5-9-15(13)24-16)10-11-25(17)18(26)23-12-6-2-1-3-7-12/h1-9,17,24H,10-11H2,(H,23,26)/t17-/m1/s1. The van der Waals surface area contributed by atoms with Crippen LogP contribution in [0.5, 0.6) is 0 Å². The number of hydrogen-bond donors (Lipinski definition) is 2. The zero-order valence-electron chi connectivity index (χ0n) is 13.7. The lowest BCUT2D eigenvalue weighted by molar-refractivity contribution is -0.180. The third kappa shape index (κ3) is 2.79. The van der Waals surface area contributed by atoms with Crippen LogP contribution in [0.15, 0.2) is 54.6 Å². The molecular formula is C19H16F3N3O. The van der Waals surface area contributed by atoms with Crippen LogP contribution in [-0.2, 0) is 6.42 Å². The van der Waals surface area contributed by atoms with Crippen LogP contribution in [0.25, 0.3) is 10.9 Å². The summed E-state index contributed by atoms with van der Waals surface area (Å²) in [5, 5.41) is 3.33. The Hall–Kier alpha value is -2.96. The van der Waals surface area contributed by atoms with Gasteiger partial charge < -0.3 is 15.2 Å². The minimum absolute atomic E-state index is 0.00229. The van der Waals surface area contributed by atoms with Crippen molar-refractivity contribution in [3.8, 4) is 0 Å². The average Bonchev–Trinajstić information content (AvgIpc) is 2.99. The number of alkyl halides is 3. The Morgan fingerprint density at radius 3 is 2.50 bits per heavy atom. The summed E-state index contributed by atoms with van der Waals surface area (Å²) in [5.74, 6) is 0.